The molecule has 148 valence electrons. The predicted molar refractivity (Wildman–Crippen MR) is 116 cm³/mol. The van der Waals surface area contributed by atoms with Gasteiger partial charge in [0.2, 0.25) is 0 Å². The maximum atomic E-state index is 10.7. The van der Waals surface area contributed by atoms with E-state index in [0.29, 0.717) is 12.1 Å². The summed E-state index contributed by atoms with van der Waals surface area (Å²) in [7, 11) is 3.95. The second-order valence-corrected chi connectivity index (χ2v) is 7.16. The Kier molecular flexibility index (Phi) is 6.52. The molecule has 3 rings (SSSR count). The van der Waals surface area contributed by atoms with Crippen LogP contribution >= 0.6 is 0 Å². The summed E-state index contributed by atoms with van der Waals surface area (Å²) in [6, 6.07) is 11.5. The highest BCUT2D eigenvalue weighted by Gasteiger charge is 2.15. The Hall–Kier alpha value is -3.31. The molecule has 1 aliphatic carbocycles. The molecule has 0 fully saturated rings. The van der Waals surface area contributed by atoms with Gasteiger partial charge >= 0.3 is 0 Å². The number of aliphatic hydroxyl groups excluding tert-OH is 1. The van der Waals surface area contributed by atoms with Crippen molar-refractivity contribution in [3.05, 3.63) is 108 Å². The molecular formula is C24H26N4O. The third-order valence-electron chi connectivity index (χ3n) is 4.84. The zero-order chi connectivity index (χ0) is 20.8. The van der Waals surface area contributed by atoms with Crippen molar-refractivity contribution in [1.82, 2.24) is 14.9 Å². The lowest BCUT2D eigenvalue weighted by atomic mass is 10.0. The Morgan fingerprint density at radius 2 is 1.97 bits per heavy atom. The van der Waals surface area contributed by atoms with Crippen LogP contribution in [0.3, 0.4) is 0 Å². The van der Waals surface area contributed by atoms with Gasteiger partial charge in [-0.2, -0.15) is 0 Å². The lowest BCUT2D eigenvalue weighted by Crippen LogP contribution is -2.17. The molecule has 1 heterocycles. The van der Waals surface area contributed by atoms with Crippen LogP contribution in [0.5, 0.6) is 0 Å². The van der Waals surface area contributed by atoms with E-state index in [1.807, 2.05) is 67.6 Å². The van der Waals surface area contributed by atoms with Gasteiger partial charge in [0, 0.05) is 38.3 Å². The summed E-state index contributed by atoms with van der Waals surface area (Å²) in [4.78, 5) is 10.7. The number of hydrogen-bond donors (Lipinski definition) is 2. The van der Waals surface area contributed by atoms with Crippen molar-refractivity contribution in [2.24, 2.45) is 5.92 Å². The third-order valence-corrected chi connectivity index (χ3v) is 4.84. The first-order chi connectivity index (χ1) is 14.0. The number of benzene rings is 1. The topological polar surface area (TPSA) is 73.1 Å². The van der Waals surface area contributed by atoms with Crippen LogP contribution in [0.4, 0.5) is 0 Å². The lowest BCUT2D eigenvalue weighted by Gasteiger charge is -2.20. The maximum absolute atomic E-state index is 10.7. The van der Waals surface area contributed by atoms with E-state index in [9.17, 15) is 5.11 Å². The molecule has 0 aliphatic heterocycles. The van der Waals surface area contributed by atoms with E-state index >= 15 is 0 Å². The summed E-state index contributed by atoms with van der Waals surface area (Å²) in [5.41, 5.74) is 3.78. The second kappa shape index (κ2) is 9.26. The van der Waals surface area contributed by atoms with Crippen LogP contribution in [0.15, 0.2) is 85.3 Å². The summed E-state index contributed by atoms with van der Waals surface area (Å²) in [6.07, 6.45) is 11.1. The Labute approximate surface area is 171 Å². The van der Waals surface area contributed by atoms with Crippen molar-refractivity contribution >= 4 is 5.57 Å². The van der Waals surface area contributed by atoms with Crippen LogP contribution in [-0.4, -0.2) is 34.1 Å². The average Bonchev–Trinajstić information content (AvgIpc) is 3.06. The number of nitrogens with zero attached hydrogens (tertiary/aromatic N) is 3. The molecule has 0 bridgehead atoms. The molecule has 2 aromatic rings. The predicted octanol–water partition coefficient (Wildman–Crippen LogP) is 3.43. The third kappa shape index (κ3) is 5.15. The highest BCUT2D eigenvalue weighted by atomic mass is 16.3. The van der Waals surface area contributed by atoms with Crippen LogP contribution in [-0.2, 0) is 6.42 Å². The number of allylic oxidation sites excluding steroid dienone is 5. The minimum Gasteiger partial charge on any atom is -0.386 e. The largest absolute Gasteiger partial charge is 0.386 e. The zero-order valence-electron chi connectivity index (χ0n) is 16.8. The Balaban J connectivity index is 1.91. The minimum absolute atomic E-state index is 0.0210. The molecular weight excluding hydrogens is 360 g/mol. The van der Waals surface area contributed by atoms with Gasteiger partial charge in [0.05, 0.1) is 5.69 Å². The molecule has 5 heteroatoms. The van der Waals surface area contributed by atoms with Crippen LogP contribution in [0.2, 0.25) is 0 Å². The molecule has 0 spiro atoms. The first-order valence-electron chi connectivity index (χ1n) is 9.52. The fraction of sp³-hybridized carbons (Fsp3) is 0.208. The minimum atomic E-state index is -0.907. The fourth-order valence-electron chi connectivity index (χ4n) is 3.09. The Morgan fingerprint density at radius 3 is 2.69 bits per heavy atom. The van der Waals surface area contributed by atoms with E-state index < -0.39 is 6.10 Å². The quantitative estimate of drug-likeness (QED) is 0.798. The number of rotatable bonds is 6. The van der Waals surface area contributed by atoms with Crippen LogP contribution < -0.4 is 5.49 Å². The number of aromatic nitrogens is 2. The number of aliphatic hydroxyl groups is 1. The molecule has 29 heavy (non-hydrogen) atoms. The number of hydrogen-bond acceptors (Lipinski definition) is 5. The highest BCUT2D eigenvalue weighted by Crippen LogP contribution is 2.23. The van der Waals surface area contributed by atoms with E-state index in [4.69, 9.17) is 5.41 Å². The monoisotopic (exact) mass is 386 g/mol. The van der Waals surface area contributed by atoms with E-state index in [1.54, 1.807) is 12.3 Å². The van der Waals surface area contributed by atoms with Crippen molar-refractivity contribution in [2.75, 3.05) is 14.1 Å². The molecule has 0 saturated carbocycles. The molecule has 1 aromatic carbocycles. The van der Waals surface area contributed by atoms with Crippen LogP contribution in [0, 0.1) is 11.3 Å². The van der Waals surface area contributed by atoms with Crippen molar-refractivity contribution in [1.29, 1.82) is 5.41 Å². The summed E-state index contributed by atoms with van der Waals surface area (Å²) in [5.74, 6) is 0.101. The van der Waals surface area contributed by atoms with Gasteiger partial charge in [0.15, 0.2) is 5.49 Å². The van der Waals surface area contributed by atoms with Gasteiger partial charge in [-0.05, 0) is 17.2 Å². The summed E-state index contributed by atoms with van der Waals surface area (Å²) < 4.78 is 0. The summed E-state index contributed by atoms with van der Waals surface area (Å²) >= 11 is 0. The second-order valence-electron chi connectivity index (χ2n) is 7.16. The van der Waals surface area contributed by atoms with Gasteiger partial charge < -0.3 is 10.0 Å². The smallest absolute Gasteiger partial charge is 0.169 e. The lowest BCUT2D eigenvalue weighted by molar-refractivity contribution is 0.171. The zero-order valence-corrected chi connectivity index (χ0v) is 16.8. The molecule has 0 saturated heterocycles. The summed E-state index contributed by atoms with van der Waals surface area (Å²) in [6.45, 7) is 4.13. The van der Waals surface area contributed by atoms with Gasteiger partial charge in [-0.25, -0.2) is 9.97 Å². The van der Waals surface area contributed by atoms with Gasteiger partial charge in [-0.15, -0.1) is 0 Å². The van der Waals surface area contributed by atoms with Crippen LogP contribution in [0.25, 0.3) is 5.57 Å². The summed E-state index contributed by atoms with van der Waals surface area (Å²) in [5, 5.41) is 18.9. The molecule has 0 radical (unpaired) electrons. The van der Waals surface area contributed by atoms with Crippen molar-refractivity contribution in [3.8, 4) is 0 Å². The fourth-order valence-corrected chi connectivity index (χ4v) is 3.09. The molecule has 2 atom stereocenters. The van der Waals surface area contributed by atoms with Gasteiger partial charge in [0.25, 0.3) is 0 Å². The first-order valence-corrected chi connectivity index (χ1v) is 9.52. The van der Waals surface area contributed by atoms with Crippen molar-refractivity contribution in [2.45, 2.75) is 12.5 Å². The molecule has 2 N–H and O–H groups in total. The molecule has 2 unspecified atom stereocenters. The standard InChI is InChI=1S/C24H26N4O/c1-17(28(2)3)19-10-7-11-20(13-12-19)21-14-15-26-24(25)23(27-21)22(29)16-18-8-5-4-6-9-18/h4-15,19,22,25,29H,1,16H2,2-3H3. The van der Waals surface area contributed by atoms with Crippen molar-refractivity contribution in [3.63, 3.8) is 0 Å². The average molecular weight is 386 g/mol. The number of nitrogens with one attached hydrogen (secondary N) is 1. The van der Waals surface area contributed by atoms with E-state index in [2.05, 4.69) is 28.7 Å². The van der Waals surface area contributed by atoms with E-state index in [-0.39, 0.29) is 17.1 Å². The van der Waals surface area contributed by atoms with Gasteiger partial charge in [-0.1, -0.05) is 67.3 Å². The van der Waals surface area contributed by atoms with Crippen molar-refractivity contribution < 1.29 is 5.11 Å². The Bertz CT molecular complexity index is 1020. The van der Waals surface area contributed by atoms with Gasteiger partial charge in [0.1, 0.15) is 11.8 Å². The molecule has 1 aliphatic rings. The Morgan fingerprint density at radius 1 is 1.21 bits per heavy atom. The molecule has 1 aromatic heterocycles. The van der Waals surface area contributed by atoms with Gasteiger partial charge in [-0.3, -0.25) is 5.41 Å². The SMILES string of the molecule is C=C(C1C=CC=C(c2ccnc(=N)c(C(O)Cc3ccccc3)n2)C=C1)N(C)C. The molecule has 5 nitrogen and oxygen atoms in total. The molecule has 0 amide bonds. The maximum Gasteiger partial charge on any atom is 0.169 e. The normalized spacial score (nSPS) is 16.7. The van der Waals surface area contributed by atoms with E-state index in [1.165, 1.54) is 0 Å². The van der Waals surface area contributed by atoms with Crippen LogP contribution in [0.1, 0.15) is 23.1 Å². The van der Waals surface area contributed by atoms with E-state index in [0.717, 1.165) is 16.8 Å². The highest BCUT2D eigenvalue weighted by molar-refractivity contribution is 5.73. The first kappa shape index (κ1) is 20.4.